The summed E-state index contributed by atoms with van der Waals surface area (Å²) in [5.74, 6) is 1.29. The number of carbonyl (C=O) groups is 1. The van der Waals surface area contributed by atoms with Crippen LogP contribution in [-0.4, -0.2) is 34.2 Å². The van der Waals surface area contributed by atoms with Crippen LogP contribution in [0.4, 0.5) is 5.95 Å². The largest absolute Gasteiger partial charge is 0.496 e. The summed E-state index contributed by atoms with van der Waals surface area (Å²) in [6.07, 6.45) is 0. The van der Waals surface area contributed by atoms with Crippen LogP contribution in [0.5, 0.6) is 11.5 Å². The highest BCUT2D eigenvalue weighted by Gasteiger charge is 2.15. The summed E-state index contributed by atoms with van der Waals surface area (Å²) in [6, 6.07) is 16.8. The van der Waals surface area contributed by atoms with Gasteiger partial charge in [0.15, 0.2) is 6.61 Å². The number of rotatable bonds is 6. The molecule has 4 rings (SSSR count). The van der Waals surface area contributed by atoms with Gasteiger partial charge >= 0.3 is 0 Å². The number of ether oxygens (including phenoxy) is 2. The minimum Gasteiger partial charge on any atom is -0.496 e. The van der Waals surface area contributed by atoms with E-state index in [1.54, 1.807) is 23.8 Å². The fourth-order valence-corrected chi connectivity index (χ4v) is 3.42. The van der Waals surface area contributed by atoms with Crippen molar-refractivity contribution in [3.05, 3.63) is 60.0 Å². The Morgan fingerprint density at radius 2 is 1.93 bits per heavy atom. The summed E-state index contributed by atoms with van der Waals surface area (Å²) in [5, 5.41) is 9.01. The van der Waals surface area contributed by atoms with E-state index >= 15 is 0 Å². The summed E-state index contributed by atoms with van der Waals surface area (Å²) in [6.45, 7) is -0.115. The van der Waals surface area contributed by atoms with Crippen LogP contribution in [0.2, 0.25) is 0 Å². The second kappa shape index (κ2) is 7.46. The number of methoxy groups -OCH3 is 1. The molecule has 0 aliphatic rings. The molecule has 0 unspecified atom stereocenters. The van der Waals surface area contributed by atoms with Crippen LogP contribution in [0.15, 0.2) is 60.0 Å². The summed E-state index contributed by atoms with van der Waals surface area (Å²) >= 11 is 1.44. The monoisotopic (exact) mass is 380 g/mol. The lowest BCUT2D eigenvalue weighted by Gasteiger charge is -2.06. The predicted molar refractivity (Wildman–Crippen MR) is 103 cm³/mol. The number of nitrogens with one attached hydrogen (secondary N) is 1. The predicted octanol–water partition coefficient (Wildman–Crippen LogP) is 3.48. The lowest BCUT2D eigenvalue weighted by molar-refractivity contribution is -0.118. The first-order valence-electron chi connectivity index (χ1n) is 8.20. The Labute approximate surface area is 159 Å². The molecule has 0 atom stereocenters. The zero-order valence-electron chi connectivity index (χ0n) is 14.5. The Bertz CT molecular complexity index is 1070. The van der Waals surface area contributed by atoms with E-state index in [1.807, 2.05) is 47.8 Å². The molecule has 0 radical (unpaired) electrons. The molecule has 1 amide bonds. The van der Waals surface area contributed by atoms with Crippen molar-refractivity contribution >= 4 is 28.2 Å². The smallest absolute Gasteiger partial charge is 0.264 e. The van der Waals surface area contributed by atoms with Gasteiger partial charge in [0.05, 0.1) is 12.8 Å². The molecule has 0 fully saturated rings. The fourth-order valence-electron chi connectivity index (χ4n) is 2.60. The number of thiazole rings is 1. The van der Waals surface area contributed by atoms with E-state index in [4.69, 9.17) is 9.47 Å². The first kappa shape index (κ1) is 17.0. The van der Waals surface area contributed by atoms with Crippen LogP contribution in [0, 0.1) is 0 Å². The number of para-hydroxylation sites is 2. The van der Waals surface area contributed by atoms with E-state index in [0.717, 1.165) is 17.0 Å². The van der Waals surface area contributed by atoms with Gasteiger partial charge in [-0.05, 0) is 24.3 Å². The molecule has 0 saturated heterocycles. The fraction of sp³-hybridized carbons (Fsp3) is 0.105. The summed E-state index contributed by atoms with van der Waals surface area (Å²) in [5.41, 5.74) is 1.75. The number of nitrogens with zero attached hydrogens (tertiary/aromatic N) is 3. The number of hydrogen-bond donors (Lipinski definition) is 1. The van der Waals surface area contributed by atoms with E-state index in [-0.39, 0.29) is 18.5 Å². The maximum Gasteiger partial charge on any atom is 0.264 e. The average Bonchev–Trinajstić information content (AvgIpc) is 3.27. The van der Waals surface area contributed by atoms with E-state index in [9.17, 15) is 4.79 Å². The number of carbonyl (C=O) groups excluding carboxylic acids is 1. The quantitative estimate of drug-likeness (QED) is 0.554. The Hall–Kier alpha value is -3.39. The summed E-state index contributed by atoms with van der Waals surface area (Å²) in [7, 11) is 1.63. The van der Waals surface area contributed by atoms with Crippen molar-refractivity contribution in [3.8, 4) is 22.8 Å². The van der Waals surface area contributed by atoms with Crippen molar-refractivity contribution < 1.29 is 14.3 Å². The summed E-state index contributed by atoms with van der Waals surface area (Å²) in [4.78, 5) is 17.1. The highest BCUT2D eigenvalue weighted by atomic mass is 32.1. The number of benzene rings is 2. The molecule has 1 N–H and O–H groups in total. The number of aromatic nitrogens is 3. The normalized spacial score (nSPS) is 10.7. The SMILES string of the molecule is COc1ccccc1-c1csc2nc(NC(=O)COc3ccccc3)nn12. The van der Waals surface area contributed by atoms with E-state index in [2.05, 4.69) is 15.4 Å². The first-order chi connectivity index (χ1) is 13.2. The van der Waals surface area contributed by atoms with Crippen molar-refractivity contribution in [2.75, 3.05) is 19.0 Å². The van der Waals surface area contributed by atoms with E-state index in [1.165, 1.54) is 11.3 Å². The van der Waals surface area contributed by atoms with Crippen LogP contribution in [0.3, 0.4) is 0 Å². The minimum absolute atomic E-state index is 0.115. The zero-order valence-corrected chi connectivity index (χ0v) is 15.3. The number of hydrogen-bond acceptors (Lipinski definition) is 6. The molecule has 7 nitrogen and oxygen atoms in total. The van der Waals surface area contributed by atoms with Crippen LogP contribution < -0.4 is 14.8 Å². The molecular formula is C19H16N4O3S. The van der Waals surface area contributed by atoms with E-state index < -0.39 is 0 Å². The van der Waals surface area contributed by atoms with Gasteiger partial charge in [0.25, 0.3) is 11.9 Å². The number of amides is 1. The van der Waals surface area contributed by atoms with Gasteiger partial charge in [0.2, 0.25) is 4.96 Å². The lowest BCUT2D eigenvalue weighted by atomic mass is 10.1. The molecule has 27 heavy (non-hydrogen) atoms. The molecule has 8 heteroatoms. The Morgan fingerprint density at radius 3 is 2.74 bits per heavy atom. The van der Waals surface area contributed by atoms with Gasteiger partial charge < -0.3 is 9.47 Å². The van der Waals surface area contributed by atoms with Crippen LogP contribution in [0.1, 0.15) is 0 Å². The van der Waals surface area contributed by atoms with Gasteiger partial charge in [0, 0.05) is 10.9 Å². The molecule has 2 heterocycles. The second-order valence-electron chi connectivity index (χ2n) is 5.60. The van der Waals surface area contributed by atoms with Gasteiger partial charge in [-0.2, -0.15) is 4.98 Å². The third-order valence-corrected chi connectivity index (χ3v) is 4.65. The first-order valence-corrected chi connectivity index (χ1v) is 9.08. The summed E-state index contributed by atoms with van der Waals surface area (Å²) < 4.78 is 12.5. The maximum atomic E-state index is 12.1. The highest BCUT2D eigenvalue weighted by molar-refractivity contribution is 7.15. The lowest BCUT2D eigenvalue weighted by Crippen LogP contribution is -2.20. The minimum atomic E-state index is -0.323. The van der Waals surface area contributed by atoms with Crippen LogP contribution in [0.25, 0.3) is 16.2 Å². The maximum absolute atomic E-state index is 12.1. The Morgan fingerprint density at radius 1 is 1.15 bits per heavy atom. The molecule has 4 aromatic rings. The second-order valence-corrected chi connectivity index (χ2v) is 6.44. The highest BCUT2D eigenvalue weighted by Crippen LogP contribution is 2.32. The van der Waals surface area contributed by atoms with Crippen molar-refractivity contribution in [3.63, 3.8) is 0 Å². The van der Waals surface area contributed by atoms with Crippen LogP contribution in [-0.2, 0) is 4.79 Å². The average molecular weight is 380 g/mol. The topological polar surface area (TPSA) is 77.8 Å². The van der Waals surface area contributed by atoms with Crippen molar-refractivity contribution in [2.24, 2.45) is 0 Å². The van der Waals surface area contributed by atoms with Gasteiger partial charge in [-0.3, -0.25) is 10.1 Å². The zero-order chi connectivity index (χ0) is 18.6. The Balaban J connectivity index is 1.51. The molecule has 2 aromatic heterocycles. The van der Waals surface area contributed by atoms with Crippen molar-refractivity contribution in [2.45, 2.75) is 0 Å². The van der Waals surface area contributed by atoms with Gasteiger partial charge in [-0.15, -0.1) is 16.4 Å². The third kappa shape index (κ3) is 3.61. The van der Waals surface area contributed by atoms with Gasteiger partial charge in [-0.1, -0.05) is 30.3 Å². The van der Waals surface area contributed by atoms with Gasteiger partial charge in [-0.25, -0.2) is 4.52 Å². The van der Waals surface area contributed by atoms with Crippen molar-refractivity contribution in [1.82, 2.24) is 14.6 Å². The van der Waals surface area contributed by atoms with Crippen molar-refractivity contribution in [1.29, 1.82) is 0 Å². The standard InChI is InChI=1S/C19H16N4O3S/c1-25-16-10-6-5-9-14(16)15-12-27-19-21-18(22-23(15)19)20-17(24)11-26-13-7-3-2-4-8-13/h2-10,12H,11H2,1H3,(H,20,22,24). The molecular weight excluding hydrogens is 364 g/mol. The number of anilines is 1. The van der Waals surface area contributed by atoms with Crippen LogP contribution >= 0.6 is 11.3 Å². The molecule has 0 aliphatic heterocycles. The molecule has 0 spiro atoms. The Kier molecular flexibility index (Phi) is 4.71. The third-order valence-electron chi connectivity index (χ3n) is 3.83. The molecule has 0 bridgehead atoms. The van der Waals surface area contributed by atoms with E-state index in [0.29, 0.717) is 10.7 Å². The molecule has 0 aliphatic carbocycles. The molecule has 2 aromatic carbocycles. The number of fused-ring (bicyclic) bond motifs is 1. The molecule has 136 valence electrons. The molecule has 0 saturated carbocycles. The van der Waals surface area contributed by atoms with Gasteiger partial charge in [0.1, 0.15) is 11.5 Å².